The van der Waals surface area contributed by atoms with Gasteiger partial charge >= 0.3 is 0 Å². The second-order valence-corrected chi connectivity index (χ2v) is 14.8. The summed E-state index contributed by atoms with van der Waals surface area (Å²) in [6.07, 6.45) is 5.18. The van der Waals surface area contributed by atoms with Crippen molar-refractivity contribution in [3.05, 3.63) is 88.5 Å². The van der Waals surface area contributed by atoms with Gasteiger partial charge in [0.05, 0.1) is 29.8 Å². The number of Topliss-reactive ketones (excluding diaryl/α,β-unsaturated/α-hetero) is 2. The second kappa shape index (κ2) is 11.0. The quantitative estimate of drug-likeness (QED) is 0.173. The van der Waals surface area contributed by atoms with E-state index in [-0.39, 0.29) is 40.6 Å². The summed E-state index contributed by atoms with van der Waals surface area (Å²) in [4.78, 5) is 28.7. The molecule has 11 nitrogen and oxygen atoms in total. The smallest absolute Gasteiger partial charge is 0.230 e. The maximum absolute atomic E-state index is 14.6. The van der Waals surface area contributed by atoms with Crippen LogP contribution >= 0.6 is 21.6 Å². The molecule has 1 aromatic rings. The molecule has 1 saturated heterocycles. The Morgan fingerprint density at radius 1 is 1.13 bits per heavy atom. The van der Waals surface area contributed by atoms with E-state index in [1.54, 1.807) is 25.1 Å². The molecule has 0 amide bonds. The predicted molar refractivity (Wildman–Crippen MR) is 167 cm³/mol. The monoisotopic (exact) mass is 654 g/mol. The molecule has 8 unspecified atom stereocenters. The molecule has 7 rings (SSSR count). The minimum absolute atomic E-state index is 0.0743. The number of carbonyl (C=O) groups is 2. The molecule has 3 heterocycles. The van der Waals surface area contributed by atoms with Gasteiger partial charge in [0.25, 0.3) is 0 Å². The van der Waals surface area contributed by atoms with Gasteiger partial charge in [0, 0.05) is 23.8 Å². The summed E-state index contributed by atoms with van der Waals surface area (Å²) < 4.78 is 12.2. The lowest BCUT2D eigenvalue weighted by atomic mass is 9.60. The molecule has 238 valence electrons. The summed E-state index contributed by atoms with van der Waals surface area (Å²) in [5.74, 6) is -1.71. The zero-order valence-electron chi connectivity index (χ0n) is 24.3. The standard InChI is InChI=1S/C32H34N2O9S2/c1-16-9-20-25(37)19-3-2-4-21-24(19)26(38)31(20,22(36)10-16)14-44-45-15-34-23-12-17(6-8-33-23)11-18-5-7-30(13-35)29(40)32(18,41)27(39)28(42-21)43-30/h2-7,9-10,12,18,20,27-29,33-36,39-41H,8,11,13-15H2,1H3. The molecule has 6 aliphatic rings. The van der Waals surface area contributed by atoms with Crippen molar-refractivity contribution in [2.24, 2.45) is 17.3 Å². The van der Waals surface area contributed by atoms with E-state index in [1.165, 1.54) is 45.9 Å². The summed E-state index contributed by atoms with van der Waals surface area (Å²) in [5, 5.41) is 63.5. The van der Waals surface area contributed by atoms with Crippen molar-refractivity contribution in [2.75, 3.05) is 24.8 Å². The van der Waals surface area contributed by atoms with Crippen LogP contribution in [0.25, 0.3) is 0 Å². The molecule has 7 N–H and O–H groups in total. The van der Waals surface area contributed by atoms with Gasteiger partial charge in [0.15, 0.2) is 11.6 Å². The minimum Gasteiger partial charge on any atom is -0.511 e. The van der Waals surface area contributed by atoms with E-state index in [9.17, 15) is 35.1 Å². The van der Waals surface area contributed by atoms with Crippen molar-refractivity contribution in [1.29, 1.82) is 0 Å². The van der Waals surface area contributed by atoms with E-state index < -0.39 is 59.3 Å². The highest BCUT2D eigenvalue weighted by Gasteiger charge is 2.66. The zero-order valence-corrected chi connectivity index (χ0v) is 25.9. The third kappa shape index (κ3) is 4.47. The van der Waals surface area contributed by atoms with Crippen molar-refractivity contribution in [1.82, 2.24) is 10.6 Å². The van der Waals surface area contributed by atoms with Crippen molar-refractivity contribution in [3.63, 3.8) is 0 Å². The number of allylic oxidation sites excluding steroid dienone is 6. The average molecular weight is 655 g/mol. The first-order valence-corrected chi connectivity index (χ1v) is 17.2. The number of hydrogen-bond acceptors (Lipinski definition) is 13. The molecule has 1 fully saturated rings. The Bertz CT molecular complexity index is 1620. The average Bonchev–Trinajstić information content (AvgIpc) is 3.02. The van der Waals surface area contributed by atoms with Gasteiger partial charge in [0.2, 0.25) is 6.29 Å². The van der Waals surface area contributed by atoms with Crippen molar-refractivity contribution < 1.29 is 44.6 Å². The Hall–Kier alpha value is -3.04. The third-order valence-electron chi connectivity index (χ3n) is 9.78. The predicted octanol–water partition coefficient (Wildman–Crippen LogP) is 1.88. The molecule has 0 radical (unpaired) electrons. The lowest BCUT2D eigenvalue weighted by molar-refractivity contribution is -0.349. The fraction of sp³-hybridized carbons (Fsp3) is 0.438. The molecule has 1 spiro atoms. The van der Waals surface area contributed by atoms with Crippen LogP contribution in [0.2, 0.25) is 0 Å². The summed E-state index contributed by atoms with van der Waals surface area (Å²) in [6.45, 7) is 1.53. The maximum atomic E-state index is 14.6. The summed E-state index contributed by atoms with van der Waals surface area (Å²) in [6, 6.07) is 4.52. The number of rotatable bonds is 1. The number of dihydropyridines is 1. The number of hydrogen-bond donors (Lipinski definition) is 7. The molecular formula is C32H34N2O9S2. The summed E-state index contributed by atoms with van der Waals surface area (Å²) in [7, 11) is 2.79. The van der Waals surface area contributed by atoms with Crippen LogP contribution < -0.4 is 15.4 Å². The fourth-order valence-electron chi connectivity index (χ4n) is 7.31. The Labute approximate surface area is 267 Å². The number of carbonyl (C=O) groups excluding carboxylic acids is 2. The molecule has 13 heteroatoms. The Kier molecular flexibility index (Phi) is 7.51. The third-order valence-corrected chi connectivity index (χ3v) is 12.0. The van der Waals surface area contributed by atoms with Gasteiger partial charge in [0.1, 0.15) is 40.3 Å². The van der Waals surface area contributed by atoms with Crippen molar-refractivity contribution >= 4 is 33.2 Å². The largest absolute Gasteiger partial charge is 0.511 e. The molecule has 0 aromatic heterocycles. The van der Waals surface area contributed by atoms with E-state index in [4.69, 9.17) is 9.47 Å². The van der Waals surface area contributed by atoms with Gasteiger partial charge in [-0.05, 0) is 37.1 Å². The molecule has 3 aliphatic carbocycles. The maximum Gasteiger partial charge on any atom is 0.230 e. The number of benzene rings is 1. The molecule has 1 aromatic carbocycles. The highest BCUT2D eigenvalue weighted by Crippen LogP contribution is 2.53. The lowest BCUT2D eigenvalue weighted by Gasteiger charge is -2.57. The van der Waals surface area contributed by atoms with E-state index in [2.05, 4.69) is 10.6 Å². The van der Waals surface area contributed by atoms with Gasteiger partial charge < -0.3 is 45.6 Å². The summed E-state index contributed by atoms with van der Waals surface area (Å²) in [5.41, 5.74) is -4.11. The van der Waals surface area contributed by atoms with Crippen LogP contribution in [0, 0.1) is 17.3 Å². The van der Waals surface area contributed by atoms with Crippen molar-refractivity contribution in [2.45, 2.75) is 43.0 Å². The molecule has 45 heavy (non-hydrogen) atoms. The van der Waals surface area contributed by atoms with Gasteiger partial charge in [-0.15, -0.1) is 0 Å². The SMILES string of the molecule is CC1=CC2C(=O)c3cccc4c3C(=O)C2(CSSCNC2=CC(=CCN2)CC2C=CC3(CO)OC(O4)C(O)C2(O)C3O)C(O)=C1. The van der Waals surface area contributed by atoms with Crippen LogP contribution in [0.3, 0.4) is 0 Å². The Balaban J connectivity index is 1.38. The van der Waals surface area contributed by atoms with Crippen LogP contribution in [-0.2, 0) is 4.74 Å². The van der Waals surface area contributed by atoms with Gasteiger partial charge in [-0.3, -0.25) is 9.59 Å². The lowest BCUT2D eigenvalue weighted by Crippen LogP contribution is -2.76. The minimum atomic E-state index is -2.22. The molecule has 3 aliphatic heterocycles. The van der Waals surface area contributed by atoms with Crippen LogP contribution in [-0.4, -0.2) is 91.6 Å². The number of ether oxygens (including phenoxy) is 2. The molecular weight excluding hydrogens is 620 g/mol. The number of ketones is 2. The number of nitrogens with one attached hydrogen (secondary N) is 2. The van der Waals surface area contributed by atoms with Crippen molar-refractivity contribution in [3.8, 4) is 5.75 Å². The normalized spacial score (nSPS) is 39.0. The first kappa shape index (κ1) is 30.6. The van der Waals surface area contributed by atoms with Crippen LogP contribution in [0.4, 0.5) is 0 Å². The molecule has 7 bridgehead atoms. The number of fused-ring (bicyclic) bond motifs is 3. The van der Waals surface area contributed by atoms with E-state index in [1.807, 2.05) is 12.2 Å². The van der Waals surface area contributed by atoms with Gasteiger partial charge in [-0.25, -0.2) is 0 Å². The highest BCUT2D eigenvalue weighted by atomic mass is 33.1. The van der Waals surface area contributed by atoms with Gasteiger partial charge in [-0.1, -0.05) is 63.6 Å². The van der Waals surface area contributed by atoms with Gasteiger partial charge in [-0.2, -0.15) is 0 Å². The van der Waals surface area contributed by atoms with E-state index >= 15 is 0 Å². The Morgan fingerprint density at radius 2 is 1.96 bits per heavy atom. The highest BCUT2D eigenvalue weighted by molar-refractivity contribution is 8.76. The van der Waals surface area contributed by atoms with Crippen LogP contribution in [0.5, 0.6) is 5.75 Å². The van der Waals surface area contributed by atoms with Crippen LogP contribution in [0.15, 0.2) is 77.4 Å². The van der Waals surface area contributed by atoms with E-state index in [0.717, 1.165) is 11.4 Å². The summed E-state index contributed by atoms with van der Waals surface area (Å²) >= 11 is 0. The first-order chi connectivity index (χ1) is 21.5. The second-order valence-electron chi connectivity index (χ2n) is 12.3. The molecule has 8 atom stereocenters. The Morgan fingerprint density at radius 3 is 2.76 bits per heavy atom. The number of aliphatic hydroxyl groups is 5. The van der Waals surface area contributed by atoms with E-state index in [0.29, 0.717) is 18.0 Å². The fourth-order valence-corrected chi connectivity index (χ4v) is 9.57. The number of aliphatic hydroxyl groups excluding tert-OH is 4. The first-order valence-electron chi connectivity index (χ1n) is 14.7. The molecule has 0 saturated carbocycles. The topological polar surface area (TPSA) is 178 Å². The van der Waals surface area contributed by atoms with Crippen LogP contribution in [0.1, 0.15) is 34.1 Å². The zero-order chi connectivity index (χ0) is 31.7.